The van der Waals surface area contributed by atoms with Crippen LogP contribution in [-0.4, -0.2) is 79.2 Å². The quantitative estimate of drug-likeness (QED) is 0.820. The summed E-state index contributed by atoms with van der Waals surface area (Å²) in [7, 11) is 1.66. The lowest BCUT2D eigenvalue weighted by Crippen LogP contribution is -2.48. The van der Waals surface area contributed by atoms with Gasteiger partial charge < -0.3 is 14.5 Å². The number of ether oxygens (including phenoxy) is 1. The number of aromatic nitrogens is 2. The Hall–Kier alpha value is -1.92. The molecule has 6 nitrogen and oxygen atoms in total. The summed E-state index contributed by atoms with van der Waals surface area (Å²) >= 11 is 0. The molecule has 1 aromatic carbocycles. The zero-order chi connectivity index (χ0) is 17.8. The van der Waals surface area contributed by atoms with Crippen LogP contribution in [0.2, 0.25) is 0 Å². The Morgan fingerprint density at radius 3 is 2.35 bits per heavy atom. The maximum atomic E-state index is 5.39. The van der Waals surface area contributed by atoms with Gasteiger partial charge in [-0.1, -0.05) is 6.42 Å². The van der Waals surface area contributed by atoms with Crippen LogP contribution in [0.4, 0.5) is 5.69 Å². The number of hydrogen-bond acceptors (Lipinski definition) is 6. The summed E-state index contributed by atoms with van der Waals surface area (Å²) in [6.07, 6.45) is 5.73. The molecule has 2 aliphatic heterocycles. The van der Waals surface area contributed by atoms with Gasteiger partial charge in [0.25, 0.3) is 0 Å². The van der Waals surface area contributed by atoms with Crippen LogP contribution in [0.1, 0.15) is 19.3 Å². The van der Waals surface area contributed by atoms with Gasteiger partial charge in [0.15, 0.2) is 0 Å². The van der Waals surface area contributed by atoms with E-state index in [2.05, 4.69) is 42.9 Å². The van der Waals surface area contributed by atoms with Gasteiger partial charge in [-0.05, 0) is 44.1 Å². The van der Waals surface area contributed by atoms with Gasteiger partial charge in [-0.3, -0.25) is 4.90 Å². The van der Waals surface area contributed by atoms with Crippen molar-refractivity contribution in [1.82, 2.24) is 19.8 Å². The predicted molar refractivity (Wildman–Crippen MR) is 105 cm³/mol. The van der Waals surface area contributed by atoms with Crippen LogP contribution in [0.3, 0.4) is 0 Å². The second-order valence-corrected chi connectivity index (χ2v) is 7.32. The van der Waals surface area contributed by atoms with E-state index in [1.54, 1.807) is 13.4 Å². The normalized spacial score (nSPS) is 19.8. The number of hydrogen-bond donors (Lipinski definition) is 0. The van der Waals surface area contributed by atoms with Gasteiger partial charge in [0.1, 0.15) is 6.33 Å². The Bertz CT molecular complexity index is 723. The lowest BCUT2D eigenvalue weighted by Gasteiger charge is -2.37. The molecule has 0 atom stereocenters. The molecule has 0 saturated carbocycles. The van der Waals surface area contributed by atoms with Gasteiger partial charge in [0.05, 0.1) is 18.0 Å². The summed E-state index contributed by atoms with van der Waals surface area (Å²) in [5.74, 6) is 0.650. The Labute approximate surface area is 155 Å². The van der Waals surface area contributed by atoms with Gasteiger partial charge in [-0.2, -0.15) is 0 Å². The molecule has 0 bridgehead atoms. The summed E-state index contributed by atoms with van der Waals surface area (Å²) in [5, 5.41) is 0.986. The average molecular weight is 355 g/mol. The number of nitrogens with zero attached hydrogens (tertiary/aromatic N) is 5. The molecular weight excluding hydrogens is 326 g/mol. The first-order chi connectivity index (χ1) is 12.8. The van der Waals surface area contributed by atoms with E-state index in [1.807, 2.05) is 0 Å². The number of likely N-dealkylation sites (tertiary alicyclic amines) is 1. The minimum Gasteiger partial charge on any atom is -0.480 e. The van der Waals surface area contributed by atoms with Gasteiger partial charge in [0.2, 0.25) is 5.88 Å². The molecule has 2 aliphatic rings. The van der Waals surface area contributed by atoms with Gasteiger partial charge >= 0.3 is 0 Å². The zero-order valence-electron chi connectivity index (χ0n) is 15.7. The fourth-order valence-corrected chi connectivity index (χ4v) is 4.08. The van der Waals surface area contributed by atoms with E-state index in [9.17, 15) is 0 Å². The smallest absolute Gasteiger partial charge is 0.224 e. The maximum absolute atomic E-state index is 5.39. The molecule has 2 fully saturated rings. The highest BCUT2D eigenvalue weighted by Gasteiger charge is 2.19. The highest BCUT2D eigenvalue weighted by atomic mass is 16.5. The Kier molecular flexibility index (Phi) is 5.51. The number of piperazine rings is 1. The molecule has 2 aromatic rings. The Morgan fingerprint density at radius 1 is 0.885 bits per heavy atom. The maximum Gasteiger partial charge on any atom is 0.224 e. The van der Waals surface area contributed by atoms with Crippen LogP contribution in [0, 0.1) is 0 Å². The van der Waals surface area contributed by atoms with Gasteiger partial charge in [0, 0.05) is 45.0 Å². The molecule has 0 amide bonds. The monoisotopic (exact) mass is 355 g/mol. The van der Waals surface area contributed by atoms with Crippen LogP contribution in [-0.2, 0) is 0 Å². The van der Waals surface area contributed by atoms with E-state index < -0.39 is 0 Å². The summed E-state index contributed by atoms with van der Waals surface area (Å²) in [5.41, 5.74) is 2.17. The van der Waals surface area contributed by atoms with Crippen LogP contribution in [0.15, 0.2) is 24.5 Å². The number of benzene rings is 1. The molecule has 26 heavy (non-hydrogen) atoms. The van der Waals surface area contributed by atoms with E-state index in [1.165, 1.54) is 51.1 Å². The van der Waals surface area contributed by atoms with Crippen molar-refractivity contribution < 1.29 is 4.74 Å². The number of methoxy groups -OCH3 is 1. The van der Waals surface area contributed by atoms with Crippen molar-refractivity contribution in [1.29, 1.82) is 0 Å². The third-order valence-electron chi connectivity index (χ3n) is 5.69. The number of piperidine rings is 1. The van der Waals surface area contributed by atoms with E-state index in [0.29, 0.717) is 5.88 Å². The molecule has 0 spiro atoms. The topological polar surface area (TPSA) is 44.7 Å². The minimum absolute atomic E-state index is 0.650. The molecule has 0 aliphatic carbocycles. The van der Waals surface area contributed by atoms with E-state index in [4.69, 9.17) is 4.74 Å². The van der Waals surface area contributed by atoms with Crippen LogP contribution in [0.5, 0.6) is 5.88 Å². The third kappa shape index (κ3) is 3.91. The Morgan fingerprint density at radius 2 is 1.62 bits per heavy atom. The van der Waals surface area contributed by atoms with E-state index >= 15 is 0 Å². The molecule has 6 heteroatoms. The first-order valence-corrected chi connectivity index (χ1v) is 9.82. The predicted octanol–water partition coefficient (Wildman–Crippen LogP) is 2.25. The Balaban J connectivity index is 1.34. The van der Waals surface area contributed by atoms with Crippen LogP contribution < -0.4 is 9.64 Å². The average Bonchev–Trinajstić information content (AvgIpc) is 2.72. The van der Waals surface area contributed by atoms with Crippen molar-refractivity contribution in [3.8, 4) is 5.88 Å². The summed E-state index contributed by atoms with van der Waals surface area (Å²) in [4.78, 5) is 16.3. The molecule has 0 radical (unpaired) electrons. The number of fused-ring (bicyclic) bond motifs is 1. The minimum atomic E-state index is 0.650. The standard InChI is InChI=1S/C20H29N5O/c1-26-20-18-15-17(5-6-19(18)21-16-22-20)25-13-11-24(12-14-25)10-9-23-7-3-2-4-8-23/h5-6,15-16H,2-4,7-14H2,1H3. The first kappa shape index (κ1) is 17.5. The molecular formula is C20H29N5O. The van der Waals surface area contributed by atoms with Crippen LogP contribution >= 0.6 is 0 Å². The SMILES string of the molecule is COc1ncnc2ccc(N3CCN(CCN4CCCCC4)CC3)cc12. The van der Waals surface area contributed by atoms with Crippen molar-refractivity contribution in [2.45, 2.75) is 19.3 Å². The third-order valence-corrected chi connectivity index (χ3v) is 5.69. The largest absolute Gasteiger partial charge is 0.480 e. The van der Waals surface area contributed by atoms with Crippen molar-refractivity contribution in [2.24, 2.45) is 0 Å². The highest BCUT2D eigenvalue weighted by molar-refractivity contribution is 5.86. The van der Waals surface area contributed by atoms with Crippen molar-refractivity contribution >= 4 is 16.6 Å². The second-order valence-electron chi connectivity index (χ2n) is 7.32. The van der Waals surface area contributed by atoms with E-state index in [0.717, 1.165) is 37.1 Å². The summed E-state index contributed by atoms with van der Waals surface area (Å²) in [6.45, 7) is 9.42. The number of rotatable bonds is 5. The molecule has 1 aromatic heterocycles. The molecule has 140 valence electrons. The zero-order valence-corrected chi connectivity index (χ0v) is 15.7. The lowest BCUT2D eigenvalue weighted by atomic mass is 10.1. The lowest BCUT2D eigenvalue weighted by molar-refractivity contribution is 0.177. The molecule has 0 N–H and O–H groups in total. The first-order valence-electron chi connectivity index (χ1n) is 9.82. The molecule has 0 unspecified atom stereocenters. The molecule has 3 heterocycles. The van der Waals surface area contributed by atoms with Crippen molar-refractivity contribution in [3.05, 3.63) is 24.5 Å². The van der Waals surface area contributed by atoms with Gasteiger partial charge in [-0.25, -0.2) is 9.97 Å². The highest BCUT2D eigenvalue weighted by Crippen LogP contribution is 2.27. The second kappa shape index (κ2) is 8.18. The molecule has 2 saturated heterocycles. The van der Waals surface area contributed by atoms with Gasteiger partial charge in [-0.15, -0.1) is 0 Å². The fourth-order valence-electron chi connectivity index (χ4n) is 4.08. The van der Waals surface area contributed by atoms with Crippen molar-refractivity contribution in [2.75, 3.05) is 64.4 Å². The van der Waals surface area contributed by atoms with Crippen molar-refractivity contribution in [3.63, 3.8) is 0 Å². The number of anilines is 1. The van der Waals surface area contributed by atoms with E-state index in [-0.39, 0.29) is 0 Å². The fraction of sp³-hybridized carbons (Fsp3) is 0.600. The van der Waals surface area contributed by atoms with Crippen LogP contribution in [0.25, 0.3) is 10.9 Å². The summed E-state index contributed by atoms with van der Waals surface area (Å²) in [6, 6.07) is 6.40. The summed E-state index contributed by atoms with van der Waals surface area (Å²) < 4.78 is 5.39. The molecule has 4 rings (SSSR count).